The van der Waals surface area contributed by atoms with Crippen molar-refractivity contribution in [3.63, 3.8) is 0 Å². The highest BCUT2D eigenvalue weighted by molar-refractivity contribution is 5.16. The third-order valence-corrected chi connectivity index (χ3v) is 3.18. The van der Waals surface area contributed by atoms with Crippen molar-refractivity contribution in [2.45, 2.75) is 45.2 Å². The summed E-state index contributed by atoms with van der Waals surface area (Å²) in [6.45, 7) is 5.33. The van der Waals surface area contributed by atoms with Crippen LogP contribution in [0.1, 0.15) is 37.4 Å². The average molecular weight is 236 g/mol. The van der Waals surface area contributed by atoms with E-state index in [1.807, 2.05) is 11.7 Å². The van der Waals surface area contributed by atoms with Crippen LogP contribution in [-0.2, 0) is 20.0 Å². The molecule has 96 valence electrons. The van der Waals surface area contributed by atoms with Crippen LogP contribution in [0.3, 0.4) is 0 Å². The number of rotatable bonds is 8. The molecule has 1 saturated carbocycles. The van der Waals surface area contributed by atoms with Crippen LogP contribution in [0, 0.1) is 0 Å². The number of nitrogens with one attached hydrogen (secondary N) is 2. The third kappa shape index (κ3) is 4.13. The fourth-order valence-electron chi connectivity index (χ4n) is 2.06. The minimum Gasteiger partial charge on any atom is -0.314 e. The van der Waals surface area contributed by atoms with Gasteiger partial charge in [0.2, 0.25) is 0 Å². The van der Waals surface area contributed by atoms with Gasteiger partial charge in [0, 0.05) is 31.4 Å². The van der Waals surface area contributed by atoms with Gasteiger partial charge in [-0.05, 0) is 38.8 Å². The molecule has 1 aromatic rings. The normalized spacial score (nSPS) is 15.4. The number of nitrogens with zero attached hydrogens (tertiary/aromatic N) is 2. The zero-order valence-corrected chi connectivity index (χ0v) is 11.0. The first-order valence-electron chi connectivity index (χ1n) is 6.75. The van der Waals surface area contributed by atoms with Gasteiger partial charge in [-0.15, -0.1) is 0 Å². The van der Waals surface area contributed by atoms with Gasteiger partial charge < -0.3 is 10.6 Å². The summed E-state index contributed by atoms with van der Waals surface area (Å²) in [5.74, 6) is 0. The summed E-state index contributed by atoms with van der Waals surface area (Å²) in [7, 11) is 1.99. The summed E-state index contributed by atoms with van der Waals surface area (Å²) >= 11 is 0. The maximum atomic E-state index is 4.44. The van der Waals surface area contributed by atoms with Crippen molar-refractivity contribution in [2.75, 3.05) is 13.1 Å². The molecule has 0 unspecified atom stereocenters. The predicted octanol–water partition coefficient (Wildman–Crippen LogP) is 1.21. The number of hydrogen-bond acceptors (Lipinski definition) is 3. The molecule has 1 fully saturated rings. The molecule has 2 rings (SSSR count). The Morgan fingerprint density at radius 1 is 1.41 bits per heavy atom. The molecule has 1 heterocycles. The fraction of sp³-hybridized carbons (Fsp3) is 0.769. The van der Waals surface area contributed by atoms with Crippen molar-refractivity contribution < 1.29 is 0 Å². The van der Waals surface area contributed by atoms with Gasteiger partial charge >= 0.3 is 0 Å². The minimum atomic E-state index is 0.833. The van der Waals surface area contributed by atoms with Crippen molar-refractivity contribution in [1.82, 2.24) is 20.4 Å². The second-order valence-electron chi connectivity index (χ2n) is 4.89. The summed E-state index contributed by atoms with van der Waals surface area (Å²) in [6, 6.07) is 0.833. The lowest BCUT2D eigenvalue weighted by Crippen LogP contribution is -2.23. The molecule has 0 aromatic carbocycles. The van der Waals surface area contributed by atoms with E-state index in [2.05, 4.69) is 28.9 Å². The zero-order valence-electron chi connectivity index (χ0n) is 11.0. The molecule has 0 amide bonds. The van der Waals surface area contributed by atoms with Gasteiger partial charge in [-0.3, -0.25) is 4.68 Å². The molecular formula is C13H24N4. The van der Waals surface area contributed by atoms with Gasteiger partial charge in [-0.2, -0.15) is 5.10 Å². The van der Waals surface area contributed by atoms with Crippen LogP contribution in [0.4, 0.5) is 0 Å². The molecule has 1 aliphatic rings. The molecule has 0 aliphatic heterocycles. The molecular weight excluding hydrogens is 212 g/mol. The van der Waals surface area contributed by atoms with Gasteiger partial charge in [-0.1, -0.05) is 6.92 Å². The Morgan fingerprint density at radius 2 is 2.24 bits per heavy atom. The lowest BCUT2D eigenvalue weighted by molar-refractivity contribution is 0.592. The first kappa shape index (κ1) is 12.6. The predicted molar refractivity (Wildman–Crippen MR) is 69.9 cm³/mol. The van der Waals surface area contributed by atoms with E-state index in [1.165, 1.54) is 30.5 Å². The third-order valence-electron chi connectivity index (χ3n) is 3.18. The van der Waals surface area contributed by atoms with E-state index in [-0.39, 0.29) is 0 Å². The summed E-state index contributed by atoms with van der Waals surface area (Å²) in [4.78, 5) is 0. The van der Waals surface area contributed by atoms with E-state index in [0.717, 1.165) is 32.1 Å². The van der Waals surface area contributed by atoms with Gasteiger partial charge in [0.1, 0.15) is 0 Å². The SMILES string of the molecule is CCc1nn(C)cc1CNCCCNC1CC1. The average Bonchev–Trinajstić information content (AvgIpc) is 3.07. The van der Waals surface area contributed by atoms with Crippen molar-refractivity contribution in [3.8, 4) is 0 Å². The Balaban J connectivity index is 1.59. The van der Waals surface area contributed by atoms with Crippen LogP contribution in [0.5, 0.6) is 0 Å². The van der Waals surface area contributed by atoms with Crippen LogP contribution in [0.25, 0.3) is 0 Å². The molecule has 1 aromatic heterocycles. The standard InChI is InChI=1S/C13H24N4/c1-3-13-11(10-17(2)16-13)9-14-7-4-8-15-12-5-6-12/h10,12,14-15H,3-9H2,1-2H3. The largest absolute Gasteiger partial charge is 0.314 e. The molecule has 0 radical (unpaired) electrons. The summed E-state index contributed by atoms with van der Waals surface area (Å²) in [5, 5.41) is 11.5. The van der Waals surface area contributed by atoms with Crippen molar-refractivity contribution in [2.24, 2.45) is 7.05 Å². The Kier molecular flexibility index (Phi) is 4.57. The highest BCUT2D eigenvalue weighted by atomic mass is 15.3. The smallest absolute Gasteiger partial charge is 0.0666 e. The van der Waals surface area contributed by atoms with Gasteiger partial charge in [0.25, 0.3) is 0 Å². The first-order chi connectivity index (χ1) is 8.29. The lowest BCUT2D eigenvalue weighted by atomic mass is 10.2. The van der Waals surface area contributed by atoms with Gasteiger partial charge in [-0.25, -0.2) is 0 Å². The monoisotopic (exact) mass is 236 g/mol. The number of aromatic nitrogens is 2. The molecule has 0 bridgehead atoms. The fourth-order valence-corrected chi connectivity index (χ4v) is 2.06. The number of aryl methyl sites for hydroxylation is 2. The van der Waals surface area contributed by atoms with E-state index in [0.29, 0.717) is 0 Å². The van der Waals surface area contributed by atoms with Crippen LogP contribution in [-0.4, -0.2) is 28.9 Å². The molecule has 1 aliphatic carbocycles. The highest BCUT2D eigenvalue weighted by Gasteiger charge is 2.19. The Labute approximate surface area is 104 Å². The quantitative estimate of drug-likeness (QED) is 0.667. The second-order valence-corrected chi connectivity index (χ2v) is 4.89. The molecule has 0 saturated heterocycles. The van der Waals surface area contributed by atoms with Crippen molar-refractivity contribution in [1.29, 1.82) is 0 Å². The van der Waals surface area contributed by atoms with Crippen LogP contribution >= 0.6 is 0 Å². The summed E-state index contributed by atoms with van der Waals surface area (Å²) in [5.41, 5.74) is 2.56. The first-order valence-corrected chi connectivity index (χ1v) is 6.75. The van der Waals surface area contributed by atoms with Crippen molar-refractivity contribution in [3.05, 3.63) is 17.5 Å². The molecule has 0 spiro atoms. The molecule has 17 heavy (non-hydrogen) atoms. The Morgan fingerprint density at radius 3 is 2.94 bits per heavy atom. The lowest BCUT2D eigenvalue weighted by Gasteiger charge is -2.05. The van der Waals surface area contributed by atoms with Gasteiger partial charge in [0.15, 0.2) is 0 Å². The van der Waals surface area contributed by atoms with E-state index in [4.69, 9.17) is 0 Å². The summed E-state index contributed by atoms with van der Waals surface area (Å²) < 4.78 is 1.91. The van der Waals surface area contributed by atoms with E-state index in [1.54, 1.807) is 0 Å². The minimum absolute atomic E-state index is 0.833. The Bertz CT molecular complexity index is 341. The maximum Gasteiger partial charge on any atom is 0.0666 e. The molecule has 2 N–H and O–H groups in total. The highest BCUT2D eigenvalue weighted by Crippen LogP contribution is 2.18. The van der Waals surface area contributed by atoms with Crippen LogP contribution in [0.15, 0.2) is 6.20 Å². The van der Waals surface area contributed by atoms with Gasteiger partial charge in [0.05, 0.1) is 5.69 Å². The molecule has 0 atom stereocenters. The Hall–Kier alpha value is -0.870. The summed E-state index contributed by atoms with van der Waals surface area (Å²) in [6.07, 6.45) is 7.10. The van der Waals surface area contributed by atoms with E-state index < -0.39 is 0 Å². The van der Waals surface area contributed by atoms with Crippen LogP contribution < -0.4 is 10.6 Å². The maximum absolute atomic E-state index is 4.44. The number of hydrogen-bond donors (Lipinski definition) is 2. The van der Waals surface area contributed by atoms with E-state index in [9.17, 15) is 0 Å². The van der Waals surface area contributed by atoms with E-state index >= 15 is 0 Å². The zero-order chi connectivity index (χ0) is 12.1. The molecule has 4 nitrogen and oxygen atoms in total. The van der Waals surface area contributed by atoms with Crippen molar-refractivity contribution >= 4 is 0 Å². The topological polar surface area (TPSA) is 41.9 Å². The molecule has 4 heteroatoms. The van der Waals surface area contributed by atoms with Crippen LogP contribution in [0.2, 0.25) is 0 Å². The second kappa shape index (κ2) is 6.17.